The van der Waals surface area contributed by atoms with Gasteiger partial charge in [0.15, 0.2) is 0 Å². The normalized spacial score (nSPS) is 21.5. The van der Waals surface area contributed by atoms with Crippen LogP contribution < -0.4 is 0 Å². The van der Waals surface area contributed by atoms with Gasteiger partial charge >= 0.3 is 24.3 Å². The van der Waals surface area contributed by atoms with Gasteiger partial charge in [0.05, 0.1) is 17.0 Å². The van der Waals surface area contributed by atoms with Crippen LogP contribution in [0.2, 0.25) is 0 Å². The molecule has 0 spiro atoms. The molecule has 0 radical (unpaired) electrons. The molecule has 1 aromatic heterocycles. The molecule has 3 heterocycles. The van der Waals surface area contributed by atoms with Crippen LogP contribution in [0.4, 0.5) is 26.3 Å². The summed E-state index contributed by atoms with van der Waals surface area (Å²) in [5.74, 6) is -5.51. The average Bonchev–Trinajstić information content (AvgIpc) is 3.31. The number of aromatic nitrogens is 1. The number of likely N-dealkylation sites (tertiary alicyclic amines) is 1. The Bertz CT molecular complexity index is 910. The predicted octanol–water partition coefficient (Wildman–Crippen LogP) is 2.33. The molecule has 0 unspecified atom stereocenters. The van der Waals surface area contributed by atoms with Crippen molar-refractivity contribution in [3.05, 3.63) is 16.1 Å². The predicted molar refractivity (Wildman–Crippen MR) is 103 cm³/mol. The zero-order valence-corrected chi connectivity index (χ0v) is 18.9. The molecule has 190 valence electrons. The molecule has 2 fully saturated rings. The third-order valence-corrected chi connectivity index (χ3v) is 6.71. The number of halogens is 6. The van der Waals surface area contributed by atoms with Gasteiger partial charge in [-0.15, -0.1) is 11.3 Å². The molecule has 0 saturated carbocycles. The number of thiazole rings is 1. The Morgan fingerprint density at radius 2 is 1.52 bits per heavy atom. The Balaban J connectivity index is 0.000000324. The molecular weight excluding hydrogens is 508 g/mol. The van der Waals surface area contributed by atoms with E-state index in [4.69, 9.17) is 19.8 Å². The monoisotopic (exact) mass is 529 g/mol. The van der Waals surface area contributed by atoms with Crippen LogP contribution in [0.5, 0.6) is 0 Å². The lowest BCUT2D eigenvalue weighted by Crippen LogP contribution is -2.39. The Labute approximate surface area is 188 Å². The van der Waals surface area contributed by atoms with Crippen molar-refractivity contribution in [2.75, 3.05) is 19.3 Å². The van der Waals surface area contributed by atoms with Crippen molar-refractivity contribution in [1.82, 2.24) is 14.2 Å². The lowest BCUT2D eigenvalue weighted by atomic mass is 10.1. The van der Waals surface area contributed by atoms with Crippen LogP contribution in [-0.4, -0.2) is 88.5 Å². The number of fused-ring (bicyclic) bond motifs is 1. The number of rotatable bonds is 3. The number of nitrogens with zero attached hydrogens (tertiary/aromatic N) is 3. The molecule has 0 bridgehead atoms. The number of aliphatic carboxylic acids is 2. The average molecular weight is 529 g/mol. The summed E-state index contributed by atoms with van der Waals surface area (Å²) in [5.41, 5.74) is 1.11. The maximum atomic E-state index is 11.7. The fourth-order valence-corrected chi connectivity index (χ4v) is 5.11. The molecule has 9 nitrogen and oxygen atoms in total. The molecule has 2 aliphatic heterocycles. The number of carboxylic acid groups (broad SMARTS) is 2. The fourth-order valence-electron chi connectivity index (χ4n) is 3.33. The van der Waals surface area contributed by atoms with Crippen LogP contribution in [0.25, 0.3) is 0 Å². The van der Waals surface area contributed by atoms with E-state index in [0.29, 0.717) is 12.6 Å². The van der Waals surface area contributed by atoms with E-state index in [9.17, 15) is 34.8 Å². The molecule has 0 amide bonds. The highest BCUT2D eigenvalue weighted by Gasteiger charge is 2.45. The maximum Gasteiger partial charge on any atom is 0.490 e. The van der Waals surface area contributed by atoms with Crippen molar-refractivity contribution < 1.29 is 54.6 Å². The summed E-state index contributed by atoms with van der Waals surface area (Å²) in [6, 6.07) is 0.548. The van der Waals surface area contributed by atoms with Crippen LogP contribution in [0.1, 0.15) is 23.5 Å². The third kappa shape index (κ3) is 9.05. The van der Waals surface area contributed by atoms with E-state index >= 15 is 0 Å². The molecular formula is C16H21F6N3O6S2. The van der Waals surface area contributed by atoms with Crippen molar-refractivity contribution in [3.63, 3.8) is 0 Å². The Kier molecular flexibility index (Phi) is 9.65. The quantitative estimate of drug-likeness (QED) is 0.571. The first kappa shape index (κ1) is 29.1. The SMILES string of the molecule is Cc1nc(CN2CC[C@H]3[C@H]2CCN3S(C)(=O)=O)cs1.O=C(O)C(F)(F)F.O=C(O)C(F)(F)F. The minimum atomic E-state index is -5.08. The number of alkyl halides is 6. The zero-order valence-electron chi connectivity index (χ0n) is 17.2. The van der Waals surface area contributed by atoms with Gasteiger partial charge in [0, 0.05) is 37.1 Å². The van der Waals surface area contributed by atoms with E-state index < -0.39 is 34.3 Å². The van der Waals surface area contributed by atoms with Crippen LogP contribution in [-0.2, 0) is 26.2 Å². The first-order valence-corrected chi connectivity index (χ1v) is 11.8. The summed E-state index contributed by atoms with van der Waals surface area (Å²) in [6.07, 6.45) is -6.95. The fraction of sp³-hybridized carbons (Fsp3) is 0.688. The Morgan fingerprint density at radius 1 is 1.06 bits per heavy atom. The topological polar surface area (TPSA) is 128 Å². The van der Waals surface area contributed by atoms with Gasteiger partial charge in [-0.2, -0.15) is 30.6 Å². The van der Waals surface area contributed by atoms with E-state index in [0.717, 1.165) is 36.6 Å². The molecule has 2 saturated heterocycles. The van der Waals surface area contributed by atoms with Crippen molar-refractivity contribution in [1.29, 1.82) is 0 Å². The molecule has 3 rings (SSSR count). The highest BCUT2D eigenvalue weighted by molar-refractivity contribution is 7.88. The second kappa shape index (κ2) is 11.0. The third-order valence-electron chi connectivity index (χ3n) is 4.58. The van der Waals surface area contributed by atoms with Gasteiger partial charge in [-0.1, -0.05) is 0 Å². The molecule has 2 aliphatic rings. The number of carbonyl (C=O) groups is 2. The summed E-state index contributed by atoms with van der Waals surface area (Å²) in [4.78, 5) is 24.7. The maximum absolute atomic E-state index is 11.7. The molecule has 0 aromatic carbocycles. The van der Waals surface area contributed by atoms with Crippen molar-refractivity contribution in [2.45, 2.75) is 50.7 Å². The number of sulfonamides is 1. The van der Waals surface area contributed by atoms with E-state index in [-0.39, 0.29) is 6.04 Å². The second-order valence-corrected chi connectivity index (χ2v) is 10.0. The van der Waals surface area contributed by atoms with Gasteiger partial charge in [0.1, 0.15) is 0 Å². The summed E-state index contributed by atoms with van der Waals surface area (Å²) in [6.45, 7) is 4.50. The van der Waals surface area contributed by atoms with Crippen LogP contribution in [0.15, 0.2) is 5.38 Å². The molecule has 2 N–H and O–H groups in total. The first-order valence-electron chi connectivity index (χ1n) is 9.06. The summed E-state index contributed by atoms with van der Waals surface area (Å²) < 4.78 is 88.6. The van der Waals surface area contributed by atoms with Crippen molar-refractivity contribution in [3.8, 4) is 0 Å². The van der Waals surface area contributed by atoms with Gasteiger partial charge in [-0.3, -0.25) is 4.90 Å². The highest BCUT2D eigenvalue weighted by Crippen LogP contribution is 2.34. The van der Waals surface area contributed by atoms with Crippen molar-refractivity contribution >= 4 is 33.3 Å². The van der Waals surface area contributed by atoms with Gasteiger partial charge < -0.3 is 10.2 Å². The summed E-state index contributed by atoms with van der Waals surface area (Å²) >= 11 is 1.67. The number of hydrogen-bond acceptors (Lipinski definition) is 7. The van der Waals surface area contributed by atoms with Gasteiger partial charge in [-0.05, 0) is 19.8 Å². The standard InChI is InChI=1S/C12H19N3O2S2.2C2HF3O2/c1-9-13-10(8-18-9)7-14-5-3-12-11(14)4-6-15(12)19(2,16)17;2*3-2(4,5)1(6)7/h8,11-12H,3-7H2,1-2H3;2*(H,6,7)/t11-,12+;;/m1../s1. The number of carboxylic acids is 2. The minimum absolute atomic E-state index is 0.176. The Hall–Kier alpha value is -1.98. The first-order chi connectivity index (χ1) is 14.8. The van der Waals surface area contributed by atoms with E-state index in [1.807, 2.05) is 6.92 Å². The molecule has 1 aromatic rings. The number of hydrogen-bond donors (Lipinski definition) is 2. The lowest BCUT2D eigenvalue weighted by molar-refractivity contribution is -0.193. The van der Waals surface area contributed by atoms with Gasteiger partial charge in [0.25, 0.3) is 0 Å². The molecule has 0 aliphatic carbocycles. The van der Waals surface area contributed by atoms with E-state index in [1.165, 1.54) is 6.26 Å². The van der Waals surface area contributed by atoms with Crippen LogP contribution in [0.3, 0.4) is 0 Å². The number of aryl methyl sites for hydroxylation is 1. The summed E-state index contributed by atoms with van der Waals surface area (Å²) in [7, 11) is -3.06. The zero-order chi connectivity index (χ0) is 25.8. The van der Waals surface area contributed by atoms with E-state index in [2.05, 4.69) is 15.3 Å². The Morgan fingerprint density at radius 3 is 1.88 bits per heavy atom. The summed E-state index contributed by atoms with van der Waals surface area (Å²) in [5, 5.41) is 17.4. The van der Waals surface area contributed by atoms with Crippen LogP contribution in [0, 0.1) is 6.92 Å². The molecule has 33 heavy (non-hydrogen) atoms. The second-order valence-electron chi connectivity index (χ2n) is 7.02. The van der Waals surface area contributed by atoms with Crippen molar-refractivity contribution in [2.24, 2.45) is 0 Å². The largest absolute Gasteiger partial charge is 0.490 e. The molecule has 17 heteroatoms. The highest BCUT2D eigenvalue weighted by atomic mass is 32.2. The minimum Gasteiger partial charge on any atom is -0.475 e. The van der Waals surface area contributed by atoms with Gasteiger partial charge in [-0.25, -0.2) is 23.0 Å². The van der Waals surface area contributed by atoms with Gasteiger partial charge in [0.2, 0.25) is 10.0 Å². The lowest BCUT2D eigenvalue weighted by Gasteiger charge is -2.23. The van der Waals surface area contributed by atoms with Crippen LogP contribution >= 0.6 is 11.3 Å². The van der Waals surface area contributed by atoms with E-state index in [1.54, 1.807) is 15.6 Å². The smallest absolute Gasteiger partial charge is 0.475 e. The molecule has 2 atom stereocenters.